The van der Waals surface area contributed by atoms with Crippen molar-refractivity contribution >= 4 is 33.9 Å². The first kappa shape index (κ1) is 15.8. The molecule has 22 heavy (non-hydrogen) atoms. The third-order valence-corrected chi connectivity index (χ3v) is 5.71. The van der Waals surface area contributed by atoms with Crippen molar-refractivity contribution in [3.63, 3.8) is 0 Å². The number of benzene rings is 1. The summed E-state index contributed by atoms with van der Waals surface area (Å²) in [4.78, 5) is 2.56. The van der Waals surface area contributed by atoms with Gasteiger partial charge in [0.25, 0.3) is 0 Å². The molecule has 0 spiro atoms. The van der Waals surface area contributed by atoms with Gasteiger partial charge in [0.1, 0.15) is 0 Å². The second-order valence-electron chi connectivity index (χ2n) is 5.62. The Balaban J connectivity index is 1.46. The molecule has 6 heteroatoms. The first-order valence-electron chi connectivity index (χ1n) is 7.82. The summed E-state index contributed by atoms with van der Waals surface area (Å²) in [7, 11) is 0. The van der Waals surface area contributed by atoms with E-state index in [1.165, 1.54) is 37.9 Å². The van der Waals surface area contributed by atoms with Gasteiger partial charge >= 0.3 is 0 Å². The molecule has 0 unspecified atom stereocenters. The van der Waals surface area contributed by atoms with Crippen LogP contribution < -0.4 is 5.32 Å². The molecule has 0 aliphatic carbocycles. The SMILES string of the molecule is Cc1cccc(Nc2nnc(SCCN3CCCCC3)s2)c1. The summed E-state index contributed by atoms with van der Waals surface area (Å²) in [5.41, 5.74) is 2.31. The molecule has 0 bridgehead atoms. The van der Waals surface area contributed by atoms with Crippen molar-refractivity contribution in [1.29, 1.82) is 0 Å². The molecule has 0 radical (unpaired) electrons. The molecule has 2 aromatic rings. The minimum atomic E-state index is 0.867. The van der Waals surface area contributed by atoms with Crippen LogP contribution in [-0.4, -0.2) is 40.5 Å². The van der Waals surface area contributed by atoms with E-state index in [0.29, 0.717) is 0 Å². The van der Waals surface area contributed by atoms with Crippen LogP contribution in [0.4, 0.5) is 10.8 Å². The van der Waals surface area contributed by atoms with Crippen LogP contribution in [0.5, 0.6) is 0 Å². The highest BCUT2D eigenvalue weighted by Gasteiger charge is 2.10. The molecule has 1 aliphatic rings. The van der Waals surface area contributed by atoms with Crippen molar-refractivity contribution in [1.82, 2.24) is 15.1 Å². The highest BCUT2D eigenvalue weighted by molar-refractivity contribution is 8.01. The van der Waals surface area contributed by atoms with E-state index in [1.54, 1.807) is 11.3 Å². The Morgan fingerprint density at radius 2 is 2.09 bits per heavy atom. The predicted molar refractivity (Wildman–Crippen MR) is 95.4 cm³/mol. The van der Waals surface area contributed by atoms with Crippen molar-refractivity contribution in [3.8, 4) is 0 Å². The summed E-state index contributed by atoms with van der Waals surface area (Å²) in [6.45, 7) is 5.77. The van der Waals surface area contributed by atoms with Gasteiger partial charge in [0.15, 0.2) is 4.34 Å². The van der Waals surface area contributed by atoms with Crippen LogP contribution in [-0.2, 0) is 0 Å². The first-order valence-corrected chi connectivity index (χ1v) is 9.62. The van der Waals surface area contributed by atoms with Crippen LogP contribution >= 0.6 is 23.1 Å². The number of hydrogen-bond donors (Lipinski definition) is 1. The van der Waals surface area contributed by atoms with E-state index < -0.39 is 0 Å². The second-order valence-corrected chi connectivity index (χ2v) is 7.94. The Hall–Kier alpha value is -1.11. The minimum Gasteiger partial charge on any atom is -0.330 e. The van der Waals surface area contributed by atoms with Gasteiger partial charge in [-0.25, -0.2) is 0 Å². The number of rotatable bonds is 6. The topological polar surface area (TPSA) is 41.1 Å². The van der Waals surface area contributed by atoms with Crippen LogP contribution in [0.25, 0.3) is 0 Å². The average Bonchev–Trinajstić information content (AvgIpc) is 2.96. The summed E-state index contributed by atoms with van der Waals surface area (Å²) in [5.74, 6) is 1.10. The number of nitrogens with zero attached hydrogens (tertiary/aromatic N) is 3. The quantitative estimate of drug-likeness (QED) is 0.803. The summed E-state index contributed by atoms with van der Waals surface area (Å²) in [6, 6.07) is 8.31. The zero-order valence-corrected chi connectivity index (χ0v) is 14.6. The summed E-state index contributed by atoms with van der Waals surface area (Å²) >= 11 is 3.44. The third-order valence-electron chi connectivity index (χ3n) is 3.76. The van der Waals surface area contributed by atoms with E-state index in [-0.39, 0.29) is 0 Å². The fourth-order valence-electron chi connectivity index (χ4n) is 2.61. The average molecular weight is 335 g/mol. The molecule has 1 N–H and O–H groups in total. The number of piperidine rings is 1. The maximum atomic E-state index is 4.27. The second kappa shape index (κ2) is 7.94. The largest absolute Gasteiger partial charge is 0.330 e. The third kappa shape index (κ3) is 4.69. The maximum Gasteiger partial charge on any atom is 0.210 e. The van der Waals surface area contributed by atoms with Crippen molar-refractivity contribution in [2.45, 2.75) is 30.5 Å². The van der Waals surface area contributed by atoms with Gasteiger partial charge in [-0.15, -0.1) is 10.2 Å². The number of likely N-dealkylation sites (tertiary alicyclic amines) is 1. The standard InChI is InChI=1S/C16H22N4S2/c1-13-6-5-7-14(12-13)17-15-18-19-16(22-15)21-11-10-20-8-3-2-4-9-20/h5-7,12H,2-4,8-11H2,1H3,(H,17,18). The summed E-state index contributed by atoms with van der Waals surface area (Å²) < 4.78 is 1.05. The Morgan fingerprint density at radius 1 is 1.23 bits per heavy atom. The Morgan fingerprint density at radius 3 is 2.91 bits per heavy atom. The fraction of sp³-hybridized carbons (Fsp3) is 0.500. The van der Waals surface area contributed by atoms with Gasteiger partial charge in [0, 0.05) is 18.0 Å². The lowest BCUT2D eigenvalue weighted by molar-refractivity contribution is 0.242. The van der Waals surface area contributed by atoms with Crippen LogP contribution in [0.15, 0.2) is 28.6 Å². The first-order chi connectivity index (χ1) is 10.8. The van der Waals surface area contributed by atoms with Gasteiger partial charge in [0.2, 0.25) is 5.13 Å². The van der Waals surface area contributed by atoms with E-state index in [9.17, 15) is 0 Å². The van der Waals surface area contributed by atoms with Gasteiger partial charge in [-0.1, -0.05) is 41.7 Å². The Bertz CT molecular complexity index is 593. The molecule has 0 atom stereocenters. The monoisotopic (exact) mass is 334 g/mol. The molecule has 4 nitrogen and oxygen atoms in total. The zero-order chi connectivity index (χ0) is 15.2. The minimum absolute atomic E-state index is 0.867. The molecule has 3 rings (SSSR count). The molecule has 0 saturated carbocycles. The normalized spacial score (nSPS) is 15.9. The van der Waals surface area contributed by atoms with E-state index >= 15 is 0 Å². The van der Waals surface area contributed by atoms with E-state index in [1.807, 2.05) is 17.8 Å². The molecule has 1 aromatic heterocycles. The lowest BCUT2D eigenvalue weighted by Crippen LogP contribution is -2.31. The number of aromatic nitrogens is 2. The number of aryl methyl sites for hydroxylation is 1. The number of nitrogens with one attached hydrogen (secondary N) is 1. The molecule has 1 fully saturated rings. The lowest BCUT2D eigenvalue weighted by Gasteiger charge is -2.25. The van der Waals surface area contributed by atoms with E-state index in [2.05, 4.69) is 45.5 Å². The highest BCUT2D eigenvalue weighted by atomic mass is 32.2. The Kier molecular flexibility index (Phi) is 5.70. The van der Waals surface area contributed by atoms with Gasteiger partial charge in [-0.05, 0) is 50.6 Å². The smallest absolute Gasteiger partial charge is 0.210 e. The molecular formula is C16H22N4S2. The summed E-state index contributed by atoms with van der Waals surface area (Å²) in [6.07, 6.45) is 4.11. The van der Waals surface area contributed by atoms with Crippen LogP contribution in [0, 0.1) is 6.92 Å². The van der Waals surface area contributed by atoms with Crippen molar-refractivity contribution < 1.29 is 0 Å². The van der Waals surface area contributed by atoms with Crippen LogP contribution in [0.1, 0.15) is 24.8 Å². The fourth-order valence-corrected chi connectivity index (χ4v) is 4.45. The molecule has 2 heterocycles. The lowest BCUT2D eigenvalue weighted by atomic mass is 10.1. The molecule has 1 aromatic carbocycles. The van der Waals surface area contributed by atoms with Crippen molar-refractivity contribution in [2.24, 2.45) is 0 Å². The zero-order valence-electron chi connectivity index (χ0n) is 12.9. The summed E-state index contributed by atoms with van der Waals surface area (Å²) in [5, 5.41) is 12.7. The van der Waals surface area contributed by atoms with Gasteiger partial charge in [0.05, 0.1) is 0 Å². The molecule has 118 valence electrons. The molecule has 1 saturated heterocycles. The number of hydrogen-bond acceptors (Lipinski definition) is 6. The van der Waals surface area contributed by atoms with Gasteiger partial charge < -0.3 is 10.2 Å². The molecular weight excluding hydrogens is 312 g/mol. The van der Waals surface area contributed by atoms with E-state index in [0.717, 1.165) is 27.5 Å². The predicted octanol–water partition coefficient (Wildman–Crippen LogP) is 4.17. The Labute approximate surface area is 140 Å². The highest BCUT2D eigenvalue weighted by Crippen LogP contribution is 2.28. The van der Waals surface area contributed by atoms with Crippen molar-refractivity contribution in [3.05, 3.63) is 29.8 Å². The van der Waals surface area contributed by atoms with Gasteiger partial charge in [-0.2, -0.15) is 0 Å². The van der Waals surface area contributed by atoms with Crippen molar-refractivity contribution in [2.75, 3.05) is 30.7 Å². The van der Waals surface area contributed by atoms with Crippen LogP contribution in [0.3, 0.4) is 0 Å². The number of thioether (sulfide) groups is 1. The maximum absolute atomic E-state index is 4.27. The molecule has 0 amide bonds. The molecule has 1 aliphatic heterocycles. The van der Waals surface area contributed by atoms with Crippen LogP contribution in [0.2, 0.25) is 0 Å². The van der Waals surface area contributed by atoms with E-state index in [4.69, 9.17) is 0 Å². The number of anilines is 2. The van der Waals surface area contributed by atoms with Gasteiger partial charge in [-0.3, -0.25) is 0 Å².